The molecular weight excluding hydrogens is 148 g/mol. The van der Waals surface area contributed by atoms with E-state index in [1.807, 2.05) is 12.2 Å². The van der Waals surface area contributed by atoms with E-state index in [0.717, 1.165) is 17.2 Å². The summed E-state index contributed by atoms with van der Waals surface area (Å²) < 4.78 is 5.03. The minimum absolute atomic E-state index is 0.553. The summed E-state index contributed by atoms with van der Waals surface area (Å²) >= 11 is 5.82. The quantitative estimate of drug-likeness (QED) is 0.570. The highest BCUT2D eigenvalue weighted by molar-refractivity contribution is 6.31. The van der Waals surface area contributed by atoms with Crippen molar-refractivity contribution in [2.24, 2.45) is 5.92 Å². The van der Waals surface area contributed by atoms with Gasteiger partial charge in [-0.15, -0.1) is 0 Å². The lowest BCUT2D eigenvalue weighted by atomic mass is 10.0. The van der Waals surface area contributed by atoms with Crippen LogP contribution in [-0.2, 0) is 4.74 Å². The summed E-state index contributed by atoms with van der Waals surface area (Å²) in [6.07, 6.45) is 5.05. The van der Waals surface area contributed by atoms with Crippen molar-refractivity contribution in [3.05, 3.63) is 22.9 Å². The van der Waals surface area contributed by atoms with Gasteiger partial charge in [-0.3, -0.25) is 0 Å². The van der Waals surface area contributed by atoms with Crippen molar-refractivity contribution >= 4 is 11.6 Å². The minimum atomic E-state index is 0.553. The van der Waals surface area contributed by atoms with Crippen molar-refractivity contribution in [1.82, 2.24) is 0 Å². The molecule has 10 heavy (non-hydrogen) atoms. The van der Waals surface area contributed by atoms with Crippen molar-refractivity contribution in [1.29, 1.82) is 0 Å². The normalized spacial score (nSPS) is 25.3. The Morgan fingerprint density at radius 1 is 1.70 bits per heavy atom. The fourth-order valence-electron chi connectivity index (χ4n) is 0.962. The molecule has 0 aliphatic heterocycles. The maximum atomic E-state index is 5.82. The number of ether oxygens (including phenoxy) is 1. The van der Waals surface area contributed by atoms with E-state index < -0.39 is 0 Å². The van der Waals surface area contributed by atoms with Crippen molar-refractivity contribution in [2.45, 2.75) is 13.3 Å². The van der Waals surface area contributed by atoms with Gasteiger partial charge in [-0.2, -0.15) is 0 Å². The molecule has 1 aliphatic rings. The van der Waals surface area contributed by atoms with Crippen LogP contribution < -0.4 is 0 Å². The maximum absolute atomic E-state index is 5.82. The van der Waals surface area contributed by atoms with Crippen LogP contribution >= 0.6 is 11.6 Å². The van der Waals surface area contributed by atoms with Gasteiger partial charge in [0.25, 0.3) is 0 Å². The molecule has 0 N–H and O–H groups in total. The molecule has 0 unspecified atom stereocenters. The van der Waals surface area contributed by atoms with Gasteiger partial charge >= 0.3 is 0 Å². The molecule has 2 heteroatoms. The minimum Gasteiger partial charge on any atom is -0.496 e. The highest BCUT2D eigenvalue weighted by atomic mass is 35.5. The third kappa shape index (κ3) is 1.54. The third-order valence-electron chi connectivity index (χ3n) is 1.56. The molecule has 1 atom stereocenters. The Kier molecular flexibility index (Phi) is 2.39. The third-order valence-corrected chi connectivity index (χ3v) is 1.90. The first-order chi connectivity index (χ1) is 4.74. The van der Waals surface area contributed by atoms with E-state index in [4.69, 9.17) is 16.3 Å². The molecule has 0 saturated heterocycles. The van der Waals surface area contributed by atoms with Crippen LogP contribution in [0, 0.1) is 5.92 Å². The van der Waals surface area contributed by atoms with Gasteiger partial charge < -0.3 is 4.74 Å². The van der Waals surface area contributed by atoms with Gasteiger partial charge in [0.05, 0.1) is 12.1 Å². The monoisotopic (exact) mass is 158 g/mol. The molecule has 0 radical (unpaired) electrons. The summed E-state index contributed by atoms with van der Waals surface area (Å²) in [5, 5.41) is 0.737. The molecule has 0 bridgehead atoms. The molecule has 0 aromatic rings. The van der Waals surface area contributed by atoms with Gasteiger partial charge in [-0.25, -0.2) is 0 Å². The fraction of sp³-hybridized carbons (Fsp3) is 0.500. The Balaban J connectivity index is 2.74. The molecule has 56 valence electrons. The standard InChI is InChI=1S/C8H11ClO/c1-6-3-4-7(9)8(5-6)10-2/h4-6H,3H2,1-2H3/t6-/m1/s1. The summed E-state index contributed by atoms with van der Waals surface area (Å²) in [6.45, 7) is 2.14. The first-order valence-corrected chi connectivity index (χ1v) is 3.73. The summed E-state index contributed by atoms with van der Waals surface area (Å²) in [7, 11) is 1.64. The molecule has 0 spiro atoms. The van der Waals surface area contributed by atoms with E-state index >= 15 is 0 Å². The molecule has 0 saturated carbocycles. The Bertz CT molecular complexity index is 182. The zero-order chi connectivity index (χ0) is 7.56. The average Bonchev–Trinajstić information content (AvgIpc) is 1.94. The predicted octanol–water partition coefficient (Wildman–Crippen LogP) is 2.68. The summed E-state index contributed by atoms with van der Waals surface area (Å²) in [5.41, 5.74) is 0. The van der Waals surface area contributed by atoms with Crippen molar-refractivity contribution in [2.75, 3.05) is 7.11 Å². The predicted molar refractivity (Wildman–Crippen MR) is 42.8 cm³/mol. The van der Waals surface area contributed by atoms with Crippen LogP contribution in [0.25, 0.3) is 0 Å². The van der Waals surface area contributed by atoms with Crippen molar-refractivity contribution in [3.63, 3.8) is 0 Å². The Labute approximate surface area is 66.3 Å². The van der Waals surface area contributed by atoms with Gasteiger partial charge in [0.15, 0.2) is 0 Å². The summed E-state index contributed by atoms with van der Waals surface area (Å²) in [6, 6.07) is 0. The molecule has 0 aromatic carbocycles. The Hall–Kier alpha value is -0.430. The molecule has 0 heterocycles. The lowest BCUT2D eigenvalue weighted by molar-refractivity contribution is 0.298. The lowest BCUT2D eigenvalue weighted by Crippen LogP contribution is -1.99. The number of methoxy groups -OCH3 is 1. The van der Waals surface area contributed by atoms with Gasteiger partial charge in [0.2, 0.25) is 0 Å². The Morgan fingerprint density at radius 2 is 2.40 bits per heavy atom. The second-order valence-electron chi connectivity index (χ2n) is 2.50. The largest absolute Gasteiger partial charge is 0.496 e. The van der Waals surface area contributed by atoms with E-state index in [1.54, 1.807) is 7.11 Å². The van der Waals surface area contributed by atoms with Crippen molar-refractivity contribution < 1.29 is 4.74 Å². The zero-order valence-electron chi connectivity index (χ0n) is 6.23. The zero-order valence-corrected chi connectivity index (χ0v) is 6.98. The maximum Gasteiger partial charge on any atom is 0.133 e. The topological polar surface area (TPSA) is 9.23 Å². The Morgan fingerprint density at radius 3 is 2.90 bits per heavy atom. The smallest absolute Gasteiger partial charge is 0.133 e. The van der Waals surface area contributed by atoms with Crippen LogP contribution in [0.4, 0.5) is 0 Å². The van der Waals surface area contributed by atoms with Crippen LogP contribution in [0.3, 0.4) is 0 Å². The number of rotatable bonds is 1. The lowest BCUT2D eigenvalue weighted by Gasteiger charge is -2.13. The van der Waals surface area contributed by atoms with E-state index in [-0.39, 0.29) is 0 Å². The molecule has 0 amide bonds. The summed E-state index contributed by atoms with van der Waals surface area (Å²) in [5.74, 6) is 1.36. The first-order valence-electron chi connectivity index (χ1n) is 3.36. The highest BCUT2D eigenvalue weighted by Gasteiger charge is 2.10. The van der Waals surface area contributed by atoms with E-state index in [1.165, 1.54) is 0 Å². The number of hydrogen-bond acceptors (Lipinski definition) is 1. The highest BCUT2D eigenvalue weighted by Crippen LogP contribution is 2.25. The van der Waals surface area contributed by atoms with Gasteiger partial charge in [0.1, 0.15) is 5.76 Å². The molecule has 1 aliphatic carbocycles. The average molecular weight is 159 g/mol. The van der Waals surface area contributed by atoms with E-state index in [9.17, 15) is 0 Å². The van der Waals surface area contributed by atoms with E-state index in [0.29, 0.717) is 5.92 Å². The van der Waals surface area contributed by atoms with Gasteiger partial charge in [0, 0.05) is 0 Å². The summed E-state index contributed by atoms with van der Waals surface area (Å²) in [4.78, 5) is 0. The number of allylic oxidation sites excluding steroid dienone is 3. The van der Waals surface area contributed by atoms with Crippen LogP contribution in [0.15, 0.2) is 22.9 Å². The van der Waals surface area contributed by atoms with Crippen LogP contribution in [0.5, 0.6) is 0 Å². The second-order valence-corrected chi connectivity index (χ2v) is 2.91. The van der Waals surface area contributed by atoms with Gasteiger partial charge in [-0.1, -0.05) is 24.6 Å². The molecule has 0 fully saturated rings. The molecule has 1 nitrogen and oxygen atoms in total. The first kappa shape index (κ1) is 7.67. The van der Waals surface area contributed by atoms with Gasteiger partial charge in [-0.05, 0) is 18.4 Å². The van der Waals surface area contributed by atoms with E-state index in [2.05, 4.69) is 6.92 Å². The van der Waals surface area contributed by atoms with Crippen LogP contribution in [0.2, 0.25) is 0 Å². The molecule has 1 rings (SSSR count). The van der Waals surface area contributed by atoms with Crippen LogP contribution in [0.1, 0.15) is 13.3 Å². The number of hydrogen-bond donors (Lipinski definition) is 0. The second kappa shape index (κ2) is 3.11. The molecular formula is C8H11ClO. The van der Waals surface area contributed by atoms with Crippen molar-refractivity contribution in [3.8, 4) is 0 Å². The van der Waals surface area contributed by atoms with Crippen LogP contribution in [-0.4, -0.2) is 7.11 Å². The fourth-order valence-corrected chi connectivity index (χ4v) is 1.19. The SMILES string of the molecule is COC1=C[C@H](C)CC=C1Cl. The molecule has 0 aromatic heterocycles. The number of halogens is 1.